The third kappa shape index (κ3) is 5.35. The molecule has 1 aliphatic rings. The van der Waals surface area contributed by atoms with Gasteiger partial charge in [-0.25, -0.2) is 4.68 Å². The number of hydrogen-bond acceptors (Lipinski definition) is 4. The van der Waals surface area contributed by atoms with Gasteiger partial charge in [0.1, 0.15) is 11.4 Å². The minimum Gasteiger partial charge on any atom is -0.491 e. The number of aromatic nitrogens is 2. The second-order valence-corrected chi connectivity index (χ2v) is 12.2. The van der Waals surface area contributed by atoms with Crippen LogP contribution >= 0.6 is 0 Å². The van der Waals surface area contributed by atoms with Crippen LogP contribution in [0.1, 0.15) is 67.4 Å². The molecule has 3 aromatic carbocycles. The number of carbonyl (C=O) groups is 1. The largest absolute Gasteiger partial charge is 0.491 e. The van der Waals surface area contributed by atoms with Crippen LogP contribution in [0.5, 0.6) is 5.75 Å². The van der Waals surface area contributed by atoms with E-state index in [0.29, 0.717) is 18.1 Å². The maximum absolute atomic E-state index is 11.8. The number of rotatable bonds is 7. The number of ether oxygens (including phenoxy) is 1. The number of para-hydroxylation sites is 2. The van der Waals surface area contributed by atoms with Gasteiger partial charge in [-0.2, -0.15) is 5.10 Å². The van der Waals surface area contributed by atoms with E-state index in [2.05, 4.69) is 81.5 Å². The van der Waals surface area contributed by atoms with E-state index in [0.717, 1.165) is 53.5 Å². The first-order chi connectivity index (χ1) is 19.0. The average molecular weight is 537 g/mol. The van der Waals surface area contributed by atoms with Gasteiger partial charge in [0.25, 0.3) is 0 Å². The van der Waals surface area contributed by atoms with E-state index in [4.69, 9.17) is 15.6 Å². The van der Waals surface area contributed by atoms with Gasteiger partial charge in [-0.1, -0.05) is 77.1 Å². The second kappa shape index (κ2) is 10.8. The number of aryl methyl sites for hydroxylation is 1. The van der Waals surface area contributed by atoms with Crippen LogP contribution in [0.25, 0.3) is 16.9 Å². The zero-order valence-electron chi connectivity index (χ0n) is 24.5. The zero-order valence-corrected chi connectivity index (χ0v) is 24.5. The molecule has 0 unspecified atom stereocenters. The highest BCUT2D eigenvalue weighted by atomic mass is 16.5. The van der Waals surface area contributed by atoms with Crippen molar-refractivity contribution in [3.63, 3.8) is 0 Å². The Hall–Kier alpha value is -4.06. The summed E-state index contributed by atoms with van der Waals surface area (Å²) < 4.78 is 8.38. The van der Waals surface area contributed by atoms with E-state index in [9.17, 15) is 4.79 Å². The molecule has 40 heavy (non-hydrogen) atoms. The lowest BCUT2D eigenvalue weighted by molar-refractivity contribution is 0.100. The lowest BCUT2D eigenvalue weighted by Crippen LogP contribution is -2.32. The highest BCUT2D eigenvalue weighted by Crippen LogP contribution is 2.40. The van der Waals surface area contributed by atoms with E-state index in [-0.39, 0.29) is 5.41 Å². The van der Waals surface area contributed by atoms with E-state index in [1.165, 1.54) is 16.8 Å². The molecule has 6 heteroatoms. The molecule has 0 aliphatic carbocycles. The average Bonchev–Trinajstić information content (AvgIpc) is 3.29. The molecule has 0 saturated carbocycles. The smallest absolute Gasteiger partial charge is 0.248 e. The molecule has 0 radical (unpaired) electrons. The Kier molecular flexibility index (Phi) is 7.45. The predicted molar refractivity (Wildman–Crippen MR) is 162 cm³/mol. The van der Waals surface area contributed by atoms with Crippen molar-refractivity contribution < 1.29 is 9.53 Å². The molecular formula is C34H40N4O2. The third-order valence-corrected chi connectivity index (χ3v) is 7.51. The van der Waals surface area contributed by atoms with Crippen molar-refractivity contribution in [3.05, 3.63) is 94.7 Å². The van der Waals surface area contributed by atoms with Gasteiger partial charge in [0.2, 0.25) is 5.91 Å². The fourth-order valence-electron chi connectivity index (χ4n) is 5.49. The number of fused-ring (bicyclic) bond motifs is 1. The molecule has 2 N–H and O–H groups in total. The van der Waals surface area contributed by atoms with Gasteiger partial charge in [-0.3, -0.25) is 4.79 Å². The monoisotopic (exact) mass is 536 g/mol. The number of primary amides is 1. The second-order valence-electron chi connectivity index (χ2n) is 12.2. The van der Waals surface area contributed by atoms with Crippen molar-refractivity contribution in [3.8, 4) is 22.7 Å². The molecule has 0 spiro atoms. The Bertz CT molecular complexity index is 1530. The summed E-state index contributed by atoms with van der Waals surface area (Å²) in [5, 5.41) is 5.22. The number of anilines is 1. The van der Waals surface area contributed by atoms with Gasteiger partial charge >= 0.3 is 0 Å². The van der Waals surface area contributed by atoms with Crippen LogP contribution in [0.15, 0.2) is 66.7 Å². The highest BCUT2D eigenvalue weighted by Gasteiger charge is 2.30. The summed E-state index contributed by atoms with van der Waals surface area (Å²) >= 11 is 0. The van der Waals surface area contributed by atoms with E-state index >= 15 is 0 Å². The fraction of sp³-hybridized carbons (Fsp3) is 0.353. The van der Waals surface area contributed by atoms with Gasteiger partial charge in [-0.15, -0.1) is 0 Å². The first-order valence-corrected chi connectivity index (χ1v) is 14.1. The van der Waals surface area contributed by atoms with E-state index in [1.807, 2.05) is 24.3 Å². The van der Waals surface area contributed by atoms with E-state index < -0.39 is 5.91 Å². The third-order valence-electron chi connectivity index (χ3n) is 7.51. The summed E-state index contributed by atoms with van der Waals surface area (Å²) in [6.45, 7) is 15.5. The number of amides is 1. The summed E-state index contributed by atoms with van der Waals surface area (Å²) in [6, 6.07) is 22.4. The van der Waals surface area contributed by atoms with Gasteiger partial charge in [0, 0.05) is 41.9 Å². The molecule has 0 bridgehead atoms. The van der Waals surface area contributed by atoms with Crippen molar-refractivity contribution >= 4 is 11.6 Å². The molecule has 0 saturated heterocycles. The maximum atomic E-state index is 11.8. The van der Waals surface area contributed by atoms with Crippen molar-refractivity contribution in [2.24, 2.45) is 11.7 Å². The first-order valence-electron chi connectivity index (χ1n) is 14.1. The predicted octanol–water partition coefficient (Wildman–Crippen LogP) is 6.84. The molecule has 208 valence electrons. The maximum Gasteiger partial charge on any atom is 0.248 e. The first kappa shape index (κ1) is 27.5. The molecule has 6 nitrogen and oxygen atoms in total. The van der Waals surface area contributed by atoms with Gasteiger partial charge in [-0.05, 0) is 53.6 Å². The number of benzene rings is 3. The van der Waals surface area contributed by atoms with Crippen molar-refractivity contribution in [1.82, 2.24) is 9.78 Å². The molecular weight excluding hydrogens is 496 g/mol. The van der Waals surface area contributed by atoms with Crippen LogP contribution in [-0.2, 0) is 18.4 Å². The van der Waals surface area contributed by atoms with Crippen LogP contribution in [0, 0.1) is 12.8 Å². The lowest BCUT2D eigenvalue weighted by atomic mass is 9.85. The summed E-state index contributed by atoms with van der Waals surface area (Å²) in [5.41, 5.74) is 15.0. The Morgan fingerprint density at radius 3 is 2.42 bits per heavy atom. The molecule has 1 amide bonds. The molecule has 1 aromatic heterocycles. The lowest BCUT2D eigenvalue weighted by Gasteiger charge is -2.34. The van der Waals surface area contributed by atoms with Crippen LogP contribution in [-0.4, -0.2) is 28.8 Å². The minimum absolute atomic E-state index is 0.0261. The normalized spacial score (nSPS) is 13.4. The number of nitrogens with two attached hydrogens (primary N) is 1. The Morgan fingerprint density at radius 1 is 1.02 bits per heavy atom. The summed E-state index contributed by atoms with van der Waals surface area (Å²) in [4.78, 5) is 14.3. The number of hydrogen-bond donors (Lipinski definition) is 1. The van der Waals surface area contributed by atoms with Gasteiger partial charge in [0.15, 0.2) is 0 Å². The molecule has 1 aliphatic heterocycles. The van der Waals surface area contributed by atoms with Crippen LogP contribution in [0.4, 0.5) is 5.69 Å². The molecule has 4 aromatic rings. The van der Waals surface area contributed by atoms with Gasteiger partial charge < -0.3 is 15.4 Å². The quantitative estimate of drug-likeness (QED) is 0.281. The highest BCUT2D eigenvalue weighted by molar-refractivity contribution is 5.93. The SMILES string of the molecule is Cc1cccc(OCC(C)C)c1-n1nc2c(c1-c1ccc(C(N)=O)cc1)CN(c1ccccc1C(C)(C)C)CC2. The summed E-state index contributed by atoms with van der Waals surface area (Å²) in [6.07, 6.45) is 0.835. The Balaban J connectivity index is 1.68. The molecule has 0 atom stereocenters. The molecule has 5 rings (SSSR count). The Labute approximate surface area is 237 Å². The van der Waals surface area contributed by atoms with Crippen molar-refractivity contribution in [1.29, 1.82) is 0 Å². The Morgan fingerprint density at radius 2 is 1.75 bits per heavy atom. The summed E-state index contributed by atoms with van der Waals surface area (Å²) in [5.74, 6) is 0.783. The fourth-order valence-corrected chi connectivity index (χ4v) is 5.49. The van der Waals surface area contributed by atoms with Gasteiger partial charge in [0.05, 0.1) is 18.0 Å². The molecule has 0 fully saturated rings. The van der Waals surface area contributed by atoms with Crippen molar-refractivity contribution in [2.45, 2.75) is 59.9 Å². The zero-order chi connectivity index (χ0) is 28.6. The summed E-state index contributed by atoms with van der Waals surface area (Å²) in [7, 11) is 0. The van der Waals surface area contributed by atoms with Crippen molar-refractivity contribution in [2.75, 3.05) is 18.1 Å². The number of nitrogens with zero attached hydrogens (tertiary/aromatic N) is 3. The van der Waals surface area contributed by atoms with Crippen LogP contribution in [0.3, 0.4) is 0 Å². The molecule has 2 heterocycles. The van der Waals surface area contributed by atoms with Crippen LogP contribution in [0.2, 0.25) is 0 Å². The minimum atomic E-state index is -0.435. The topological polar surface area (TPSA) is 73.4 Å². The van der Waals surface area contributed by atoms with Crippen LogP contribution < -0.4 is 15.4 Å². The van der Waals surface area contributed by atoms with E-state index in [1.54, 1.807) is 12.1 Å². The number of carbonyl (C=O) groups excluding carboxylic acids is 1. The standard InChI is InChI=1S/C34H40N4O2/c1-22(2)21-40-30-13-9-10-23(3)31(30)38-32(24-14-16-25(17-15-24)33(35)39)26-20-37(19-18-28(26)36-38)29-12-8-7-11-27(29)34(4,5)6/h7-17,22H,18-21H2,1-6H3,(H2,35,39).